The number of β-amino-alcohol motifs (C(OH)–C–C–N with tert-alkyl or cyclic N) is 1. The summed E-state index contributed by atoms with van der Waals surface area (Å²) >= 11 is 0. The van der Waals surface area contributed by atoms with Gasteiger partial charge in [-0.1, -0.05) is 48.5 Å². The van der Waals surface area contributed by atoms with Gasteiger partial charge in [-0.05, 0) is 49.4 Å². The maximum absolute atomic E-state index is 10.6. The number of aliphatic imine (C=N–C) groups is 1. The van der Waals surface area contributed by atoms with Gasteiger partial charge in [0.25, 0.3) is 0 Å². The number of hydrogen-bond acceptors (Lipinski definition) is 3. The molecule has 3 rings (SSSR count). The number of aliphatic hydroxyl groups excluding tert-OH is 1. The lowest BCUT2D eigenvalue weighted by Gasteiger charge is -2.30. The smallest absolute Gasteiger partial charge is 0.191 e. The lowest BCUT2D eigenvalue weighted by atomic mass is 10.00. The second-order valence-corrected chi connectivity index (χ2v) is 7.85. The quantitative estimate of drug-likeness (QED) is 0.499. The molecule has 0 saturated heterocycles. The normalized spacial score (nSPS) is 16.8. The number of nitrogens with one attached hydrogen (secondary N) is 2. The van der Waals surface area contributed by atoms with Crippen LogP contribution in [0.15, 0.2) is 53.5 Å². The highest BCUT2D eigenvalue weighted by Crippen LogP contribution is 2.19. The lowest BCUT2D eigenvalue weighted by molar-refractivity contribution is 0.111. The van der Waals surface area contributed by atoms with Gasteiger partial charge in [-0.2, -0.15) is 0 Å². The minimum absolute atomic E-state index is 0.143. The van der Waals surface area contributed by atoms with E-state index in [-0.39, 0.29) is 6.04 Å². The molecule has 0 aromatic heterocycles. The standard InChI is InChI=1S/C24H34N4O/c1-4-25-24(27-19(3)23-12-8-5-9-18(23)2)26-15-22(29)17-28-14-13-20-10-6-7-11-21(20)16-28/h5-12,19,22,29H,4,13-17H2,1-3H3,(H2,25,26,27). The number of benzene rings is 2. The van der Waals surface area contributed by atoms with Crippen LogP contribution in [0.4, 0.5) is 0 Å². The summed E-state index contributed by atoms with van der Waals surface area (Å²) in [5.41, 5.74) is 5.32. The molecule has 0 bridgehead atoms. The molecule has 1 aliphatic rings. The van der Waals surface area contributed by atoms with Gasteiger partial charge in [0, 0.05) is 26.2 Å². The van der Waals surface area contributed by atoms with E-state index >= 15 is 0 Å². The van der Waals surface area contributed by atoms with E-state index in [1.54, 1.807) is 0 Å². The van der Waals surface area contributed by atoms with E-state index in [2.05, 4.69) is 89.8 Å². The van der Waals surface area contributed by atoms with Gasteiger partial charge >= 0.3 is 0 Å². The Morgan fingerprint density at radius 1 is 1.14 bits per heavy atom. The van der Waals surface area contributed by atoms with Gasteiger partial charge in [0.2, 0.25) is 0 Å². The molecule has 0 radical (unpaired) electrons. The van der Waals surface area contributed by atoms with E-state index in [0.29, 0.717) is 13.1 Å². The van der Waals surface area contributed by atoms with Gasteiger partial charge in [-0.25, -0.2) is 0 Å². The summed E-state index contributed by atoms with van der Waals surface area (Å²) in [6, 6.07) is 17.1. The first-order valence-electron chi connectivity index (χ1n) is 10.6. The molecule has 0 fully saturated rings. The van der Waals surface area contributed by atoms with E-state index in [1.165, 1.54) is 22.3 Å². The number of rotatable bonds is 7. The van der Waals surface area contributed by atoms with Crippen molar-refractivity contribution in [1.29, 1.82) is 0 Å². The van der Waals surface area contributed by atoms with Crippen LogP contribution in [-0.2, 0) is 13.0 Å². The van der Waals surface area contributed by atoms with E-state index in [9.17, 15) is 5.11 Å². The summed E-state index contributed by atoms with van der Waals surface area (Å²) in [4.78, 5) is 6.95. The molecule has 0 aliphatic carbocycles. The Bertz CT molecular complexity index is 820. The first kappa shape index (κ1) is 21.3. The SMILES string of the molecule is CCNC(=NCC(O)CN1CCc2ccccc2C1)NC(C)c1ccccc1C. The van der Waals surface area contributed by atoms with Crippen molar-refractivity contribution in [2.24, 2.45) is 4.99 Å². The fourth-order valence-electron chi connectivity index (χ4n) is 3.94. The molecule has 1 aliphatic heterocycles. The maximum Gasteiger partial charge on any atom is 0.191 e. The Labute approximate surface area is 174 Å². The predicted molar refractivity (Wildman–Crippen MR) is 120 cm³/mol. The average molecular weight is 395 g/mol. The summed E-state index contributed by atoms with van der Waals surface area (Å²) in [6.45, 7) is 10.0. The molecule has 2 unspecified atom stereocenters. The van der Waals surface area contributed by atoms with Crippen molar-refractivity contribution in [3.05, 3.63) is 70.8 Å². The van der Waals surface area contributed by atoms with Crippen LogP contribution in [0.1, 0.15) is 42.1 Å². The third kappa shape index (κ3) is 6.05. The van der Waals surface area contributed by atoms with Gasteiger partial charge in [-0.3, -0.25) is 9.89 Å². The number of aliphatic hydroxyl groups is 1. The molecule has 3 N–H and O–H groups in total. The second-order valence-electron chi connectivity index (χ2n) is 7.85. The minimum Gasteiger partial charge on any atom is -0.390 e. The van der Waals surface area contributed by atoms with Crippen LogP contribution < -0.4 is 10.6 Å². The van der Waals surface area contributed by atoms with Gasteiger partial charge in [0.05, 0.1) is 18.7 Å². The van der Waals surface area contributed by atoms with Crippen LogP contribution in [0, 0.1) is 6.92 Å². The highest BCUT2D eigenvalue weighted by Gasteiger charge is 2.18. The molecule has 29 heavy (non-hydrogen) atoms. The minimum atomic E-state index is -0.482. The number of guanidine groups is 1. The molecule has 5 heteroatoms. The van der Waals surface area contributed by atoms with Crippen molar-refractivity contribution in [2.75, 3.05) is 26.2 Å². The zero-order chi connectivity index (χ0) is 20.6. The Morgan fingerprint density at radius 2 is 1.86 bits per heavy atom. The molecule has 0 amide bonds. The van der Waals surface area contributed by atoms with E-state index in [1.807, 2.05) is 0 Å². The average Bonchev–Trinajstić information content (AvgIpc) is 2.72. The Kier molecular flexibility index (Phi) is 7.67. The number of fused-ring (bicyclic) bond motifs is 1. The lowest BCUT2D eigenvalue weighted by Crippen LogP contribution is -2.41. The highest BCUT2D eigenvalue weighted by atomic mass is 16.3. The second kappa shape index (κ2) is 10.4. The van der Waals surface area contributed by atoms with Gasteiger partial charge < -0.3 is 15.7 Å². The molecule has 156 valence electrons. The molecule has 1 heterocycles. The molecule has 5 nitrogen and oxygen atoms in total. The number of aryl methyl sites for hydroxylation is 1. The molecular formula is C24H34N4O. The van der Waals surface area contributed by atoms with Crippen molar-refractivity contribution in [1.82, 2.24) is 15.5 Å². The third-order valence-electron chi connectivity index (χ3n) is 5.49. The van der Waals surface area contributed by atoms with E-state index < -0.39 is 6.10 Å². The van der Waals surface area contributed by atoms with Crippen molar-refractivity contribution in [3.8, 4) is 0 Å². The van der Waals surface area contributed by atoms with Crippen LogP contribution in [0.3, 0.4) is 0 Å². The summed E-state index contributed by atoms with van der Waals surface area (Å²) in [6.07, 6.45) is 0.564. The first-order chi connectivity index (χ1) is 14.1. The molecular weight excluding hydrogens is 360 g/mol. The van der Waals surface area contributed by atoms with Crippen LogP contribution >= 0.6 is 0 Å². The zero-order valence-electron chi connectivity index (χ0n) is 17.9. The summed E-state index contributed by atoms with van der Waals surface area (Å²) in [5, 5.41) is 17.3. The van der Waals surface area contributed by atoms with Crippen LogP contribution in [0.2, 0.25) is 0 Å². The monoisotopic (exact) mass is 394 g/mol. The molecule has 2 atom stereocenters. The summed E-state index contributed by atoms with van der Waals surface area (Å²) in [5.74, 6) is 0.742. The van der Waals surface area contributed by atoms with Gasteiger partial charge in [-0.15, -0.1) is 0 Å². The summed E-state index contributed by atoms with van der Waals surface area (Å²) < 4.78 is 0. The van der Waals surface area contributed by atoms with Crippen LogP contribution in [0.25, 0.3) is 0 Å². The molecule has 0 spiro atoms. The van der Waals surface area contributed by atoms with Crippen molar-refractivity contribution >= 4 is 5.96 Å². The predicted octanol–water partition coefficient (Wildman–Crippen LogP) is 3.03. The highest BCUT2D eigenvalue weighted by molar-refractivity contribution is 5.80. The van der Waals surface area contributed by atoms with Crippen LogP contribution in [0.5, 0.6) is 0 Å². The van der Waals surface area contributed by atoms with Gasteiger partial charge in [0.15, 0.2) is 5.96 Å². The zero-order valence-corrected chi connectivity index (χ0v) is 17.9. The largest absolute Gasteiger partial charge is 0.390 e. The Balaban J connectivity index is 1.55. The van der Waals surface area contributed by atoms with Crippen molar-refractivity contribution < 1.29 is 5.11 Å². The van der Waals surface area contributed by atoms with E-state index in [4.69, 9.17) is 0 Å². The molecule has 2 aromatic rings. The molecule has 2 aromatic carbocycles. The van der Waals surface area contributed by atoms with Crippen LogP contribution in [-0.4, -0.2) is 48.2 Å². The number of nitrogens with zero attached hydrogens (tertiary/aromatic N) is 2. The fourth-order valence-corrected chi connectivity index (χ4v) is 3.94. The van der Waals surface area contributed by atoms with Crippen molar-refractivity contribution in [3.63, 3.8) is 0 Å². The Morgan fingerprint density at radius 3 is 2.62 bits per heavy atom. The maximum atomic E-state index is 10.6. The van der Waals surface area contributed by atoms with E-state index in [0.717, 1.165) is 32.0 Å². The topological polar surface area (TPSA) is 59.9 Å². The molecule has 0 saturated carbocycles. The first-order valence-corrected chi connectivity index (χ1v) is 10.6. The third-order valence-corrected chi connectivity index (χ3v) is 5.49. The number of hydrogen-bond donors (Lipinski definition) is 3. The summed E-state index contributed by atoms with van der Waals surface area (Å²) in [7, 11) is 0. The van der Waals surface area contributed by atoms with Crippen molar-refractivity contribution in [2.45, 2.75) is 45.9 Å². The van der Waals surface area contributed by atoms with Gasteiger partial charge in [0.1, 0.15) is 0 Å². The Hall–Kier alpha value is -2.37. The fraction of sp³-hybridized carbons (Fsp3) is 0.458.